The first kappa shape index (κ1) is 11.2. The lowest BCUT2D eigenvalue weighted by molar-refractivity contribution is 0.144. The second-order valence-electron chi connectivity index (χ2n) is 4.73. The number of ether oxygens (including phenoxy) is 2. The largest absolute Gasteiger partial charge is 0.473 e. The van der Waals surface area contributed by atoms with Gasteiger partial charge in [0.15, 0.2) is 0 Å². The van der Waals surface area contributed by atoms with Gasteiger partial charge in [0.1, 0.15) is 6.10 Å². The van der Waals surface area contributed by atoms with E-state index in [9.17, 15) is 0 Å². The summed E-state index contributed by atoms with van der Waals surface area (Å²) in [6.45, 7) is 3.87. The van der Waals surface area contributed by atoms with Gasteiger partial charge < -0.3 is 14.8 Å². The van der Waals surface area contributed by atoms with Crippen LogP contribution in [0.4, 0.5) is 0 Å². The lowest BCUT2D eigenvalue weighted by Gasteiger charge is -2.22. The average Bonchev–Trinajstić information content (AvgIpc) is 3.02. The molecule has 2 heterocycles. The molecule has 3 unspecified atom stereocenters. The molecule has 1 saturated carbocycles. The number of piperidine rings is 1. The van der Waals surface area contributed by atoms with Crippen molar-refractivity contribution in [2.24, 2.45) is 5.92 Å². The van der Waals surface area contributed by atoms with E-state index in [1.54, 1.807) is 0 Å². The average molecular weight is 255 g/mol. The Morgan fingerprint density at radius 1 is 1.35 bits per heavy atom. The topological polar surface area (TPSA) is 56.3 Å². The van der Waals surface area contributed by atoms with E-state index >= 15 is 0 Å². The van der Waals surface area contributed by atoms with Crippen LogP contribution in [0.1, 0.15) is 26.2 Å². The van der Waals surface area contributed by atoms with Crippen LogP contribution >= 0.6 is 11.7 Å². The molecular weight excluding hydrogens is 238 g/mol. The van der Waals surface area contributed by atoms with Crippen molar-refractivity contribution in [2.75, 3.05) is 13.2 Å². The summed E-state index contributed by atoms with van der Waals surface area (Å²) in [7, 11) is 0. The summed E-state index contributed by atoms with van der Waals surface area (Å²) >= 11 is 1.15. The fourth-order valence-electron chi connectivity index (χ4n) is 2.60. The molecule has 94 valence electrons. The number of aromatic nitrogens is 2. The molecule has 3 atom stereocenters. The lowest BCUT2D eigenvalue weighted by atomic mass is 10.1. The summed E-state index contributed by atoms with van der Waals surface area (Å²) in [5.74, 6) is 1.90. The van der Waals surface area contributed by atoms with Crippen LogP contribution in [0.5, 0.6) is 11.8 Å². The van der Waals surface area contributed by atoms with Crippen molar-refractivity contribution < 1.29 is 9.47 Å². The molecule has 0 amide bonds. The predicted molar refractivity (Wildman–Crippen MR) is 64.6 cm³/mol. The van der Waals surface area contributed by atoms with E-state index < -0.39 is 0 Å². The second-order valence-corrected chi connectivity index (χ2v) is 5.26. The first-order valence-electron chi connectivity index (χ1n) is 6.22. The molecule has 17 heavy (non-hydrogen) atoms. The van der Waals surface area contributed by atoms with E-state index in [0.717, 1.165) is 37.0 Å². The Morgan fingerprint density at radius 2 is 2.24 bits per heavy atom. The third-order valence-corrected chi connectivity index (χ3v) is 3.90. The zero-order valence-electron chi connectivity index (χ0n) is 9.89. The molecule has 1 aliphatic carbocycles. The van der Waals surface area contributed by atoms with Gasteiger partial charge in [-0.3, -0.25) is 0 Å². The van der Waals surface area contributed by atoms with Gasteiger partial charge in [-0.25, -0.2) is 0 Å². The monoisotopic (exact) mass is 255 g/mol. The van der Waals surface area contributed by atoms with Crippen molar-refractivity contribution in [3.63, 3.8) is 0 Å². The summed E-state index contributed by atoms with van der Waals surface area (Å²) < 4.78 is 19.7. The van der Waals surface area contributed by atoms with Crippen LogP contribution in [0, 0.1) is 5.92 Å². The molecule has 3 rings (SSSR count). The molecular formula is C11H17N3O2S. The van der Waals surface area contributed by atoms with Gasteiger partial charge in [-0.2, -0.15) is 0 Å². The highest BCUT2D eigenvalue weighted by atomic mass is 32.1. The Kier molecular flexibility index (Phi) is 3.15. The maximum Gasteiger partial charge on any atom is 0.291 e. The summed E-state index contributed by atoms with van der Waals surface area (Å²) in [6, 6.07) is 0.487. The number of nitrogens with one attached hydrogen (secondary N) is 1. The van der Waals surface area contributed by atoms with Crippen molar-refractivity contribution in [2.45, 2.75) is 38.3 Å². The maximum absolute atomic E-state index is 5.93. The molecule has 1 aromatic rings. The van der Waals surface area contributed by atoms with Crippen molar-refractivity contribution >= 4 is 11.7 Å². The Balaban J connectivity index is 1.63. The van der Waals surface area contributed by atoms with Gasteiger partial charge in [-0.05, 0) is 31.7 Å². The second kappa shape index (κ2) is 4.78. The normalized spacial score (nSPS) is 30.8. The SMILES string of the molecule is CCCOc1nsnc1OC1CC2CNC1C2. The van der Waals surface area contributed by atoms with Gasteiger partial charge in [0, 0.05) is 6.04 Å². The minimum absolute atomic E-state index is 0.238. The minimum Gasteiger partial charge on any atom is -0.473 e. The first-order valence-corrected chi connectivity index (χ1v) is 6.95. The molecule has 0 spiro atoms. The van der Waals surface area contributed by atoms with Gasteiger partial charge in [0.05, 0.1) is 18.3 Å². The van der Waals surface area contributed by atoms with Crippen LogP contribution in [-0.4, -0.2) is 34.0 Å². The van der Waals surface area contributed by atoms with E-state index in [4.69, 9.17) is 9.47 Å². The third kappa shape index (κ3) is 2.24. The van der Waals surface area contributed by atoms with E-state index in [2.05, 4.69) is 21.0 Å². The van der Waals surface area contributed by atoms with Crippen LogP contribution in [0.3, 0.4) is 0 Å². The molecule has 6 heteroatoms. The number of nitrogens with zero attached hydrogens (tertiary/aromatic N) is 2. The van der Waals surface area contributed by atoms with E-state index in [0.29, 0.717) is 24.4 Å². The zero-order chi connectivity index (χ0) is 11.7. The van der Waals surface area contributed by atoms with Crippen LogP contribution in [0.15, 0.2) is 0 Å². The Bertz CT molecular complexity index is 385. The van der Waals surface area contributed by atoms with Crippen LogP contribution in [-0.2, 0) is 0 Å². The number of rotatable bonds is 5. The smallest absolute Gasteiger partial charge is 0.291 e. The minimum atomic E-state index is 0.238. The maximum atomic E-state index is 5.93. The van der Waals surface area contributed by atoms with Gasteiger partial charge in [-0.1, -0.05) is 6.92 Å². The van der Waals surface area contributed by atoms with Crippen LogP contribution < -0.4 is 14.8 Å². The molecule has 5 nitrogen and oxygen atoms in total. The van der Waals surface area contributed by atoms with Crippen LogP contribution in [0.25, 0.3) is 0 Å². The third-order valence-electron chi connectivity index (χ3n) is 3.41. The summed E-state index contributed by atoms with van der Waals surface area (Å²) in [6.07, 6.45) is 3.56. The highest BCUT2D eigenvalue weighted by Crippen LogP contribution is 2.35. The Morgan fingerprint density at radius 3 is 2.94 bits per heavy atom. The molecule has 2 aliphatic rings. The number of hydrogen-bond acceptors (Lipinski definition) is 6. The highest BCUT2D eigenvalue weighted by Gasteiger charge is 2.41. The first-order chi connectivity index (χ1) is 8.36. The fourth-order valence-corrected chi connectivity index (χ4v) is 3.05. The van der Waals surface area contributed by atoms with Crippen molar-refractivity contribution in [3.8, 4) is 11.8 Å². The van der Waals surface area contributed by atoms with Crippen molar-refractivity contribution in [1.29, 1.82) is 0 Å². The van der Waals surface area contributed by atoms with Gasteiger partial charge in [0.2, 0.25) is 0 Å². The predicted octanol–water partition coefficient (Wildman–Crippen LogP) is 1.46. The molecule has 1 aliphatic heterocycles. The Hall–Kier alpha value is -0.880. The number of fused-ring (bicyclic) bond motifs is 2. The van der Waals surface area contributed by atoms with Gasteiger partial charge >= 0.3 is 0 Å². The molecule has 0 aromatic carbocycles. The molecule has 2 bridgehead atoms. The quantitative estimate of drug-likeness (QED) is 0.863. The van der Waals surface area contributed by atoms with E-state index in [1.807, 2.05) is 0 Å². The highest BCUT2D eigenvalue weighted by molar-refractivity contribution is 6.99. The standard InChI is InChI=1S/C11H17N3O2S/c1-2-3-15-10-11(14-17-13-10)16-9-5-7-4-8(9)12-6-7/h7-9,12H,2-6H2,1H3. The van der Waals surface area contributed by atoms with E-state index in [1.165, 1.54) is 6.42 Å². The summed E-state index contributed by atoms with van der Waals surface area (Å²) in [5, 5.41) is 3.47. The summed E-state index contributed by atoms with van der Waals surface area (Å²) in [5.41, 5.74) is 0. The molecule has 1 N–H and O–H groups in total. The molecule has 1 saturated heterocycles. The lowest BCUT2D eigenvalue weighted by Crippen LogP contribution is -2.40. The van der Waals surface area contributed by atoms with Crippen molar-refractivity contribution in [3.05, 3.63) is 0 Å². The Labute approximate surface area is 105 Å². The summed E-state index contributed by atoms with van der Waals surface area (Å²) in [4.78, 5) is 0. The van der Waals surface area contributed by atoms with Crippen molar-refractivity contribution in [1.82, 2.24) is 14.1 Å². The number of hydrogen-bond donors (Lipinski definition) is 1. The molecule has 0 radical (unpaired) electrons. The zero-order valence-corrected chi connectivity index (χ0v) is 10.7. The van der Waals surface area contributed by atoms with E-state index in [-0.39, 0.29) is 6.10 Å². The molecule has 2 fully saturated rings. The van der Waals surface area contributed by atoms with Gasteiger partial charge in [0.25, 0.3) is 11.8 Å². The fraction of sp³-hybridized carbons (Fsp3) is 0.818. The molecule has 1 aromatic heterocycles. The van der Waals surface area contributed by atoms with Crippen LogP contribution in [0.2, 0.25) is 0 Å². The van der Waals surface area contributed by atoms with Gasteiger partial charge in [-0.15, -0.1) is 8.75 Å².